The molecule has 0 atom stereocenters. The normalized spacial score (nSPS) is 10.1. The third-order valence-electron chi connectivity index (χ3n) is 2.13. The molecular weight excluding hydrogens is 319 g/mol. The Kier molecular flexibility index (Phi) is 3.88. The molecule has 92 valence electrons. The monoisotopic (exact) mass is 326 g/mol. The van der Waals surface area contributed by atoms with Crippen LogP contribution >= 0.6 is 28.1 Å². The molecule has 2 rings (SSSR count). The maximum Gasteiger partial charge on any atom is 0.220 e. The molecule has 1 aromatic carbocycles. The summed E-state index contributed by atoms with van der Waals surface area (Å²) in [6.45, 7) is 0. The van der Waals surface area contributed by atoms with Crippen molar-refractivity contribution in [2.45, 2.75) is 0 Å². The third kappa shape index (κ3) is 3.02. The van der Waals surface area contributed by atoms with Crippen molar-refractivity contribution in [1.82, 2.24) is 4.98 Å². The van der Waals surface area contributed by atoms with Crippen LogP contribution in [-0.4, -0.2) is 9.97 Å². The molecule has 6 heteroatoms. The standard InChI is InChI=1S/C12H8BrFN2OS/c13-8-1-2-10(9(14)6-8)17-11-5-7(12(15)18)3-4-16-11/h1-6H,(H2,15,18). The summed E-state index contributed by atoms with van der Waals surface area (Å²) >= 11 is 8.01. The highest BCUT2D eigenvalue weighted by molar-refractivity contribution is 9.10. The van der Waals surface area contributed by atoms with Crippen LogP contribution < -0.4 is 10.5 Å². The summed E-state index contributed by atoms with van der Waals surface area (Å²) in [7, 11) is 0. The van der Waals surface area contributed by atoms with Gasteiger partial charge in [-0.15, -0.1) is 0 Å². The minimum absolute atomic E-state index is 0.0887. The summed E-state index contributed by atoms with van der Waals surface area (Å²) in [6, 6.07) is 7.72. The summed E-state index contributed by atoms with van der Waals surface area (Å²) in [6.07, 6.45) is 1.50. The van der Waals surface area contributed by atoms with Crippen molar-refractivity contribution in [3.63, 3.8) is 0 Å². The van der Waals surface area contributed by atoms with Gasteiger partial charge in [-0.05, 0) is 24.3 Å². The van der Waals surface area contributed by atoms with E-state index in [1.807, 2.05) is 0 Å². The van der Waals surface area contributed by atoms with Crippen molar-refractivity contribution >= 4 is 33.1 Å². The molecule has 0 fully saturated rings. The fourth-order valence-electron chi connectivity index (χ4n) is 1.29. The number of hydrogen-bond acceptors (Lipinski definition) is 3. The zero-order valence-corrected chi connectivity index (χ0v) is 11.5. The van der Waals surface area contributed by atoms with Gasteiger partial charge in [-0.2, -0.15) is 0 Å². The van der Waals surface area contributed by atoms with Crippen molar-refractivity contribution in [2.75, 3.05) is 0 Å². The number of nitrogens with two attached hydrogens (primary N) is 1. The molecule has 0 aliphatic rings. The van der Waals surface area contributed by atoms with Crippen molar-refractivity contribution in [3.8, 4) is 11.6 Å². The van der Waals surface area contributed by atoms with E-state index in [1.54, 1.807) is 18.2 Å². The van der Waals surface area contributed by atoms with E-state index in [2.05, 4.69) is 20.9 Å². The second kappa shape index (κ2) is 5.41. The van der Waals surface area contributed by atoms with Crippen LogP contribution in [0.15, 0.2) is 41.0 Å². The van der Waals surface area contributed by atoms with Gasteiger partial charge in [0.1, 0.15) is 4.99 Å². The molecule has 18 heavy (non-hydrogen) atoms. The van der Waals surface area contributed by atoms with Gasteiger partial charge in [0.25, 0.3) is 0 Å². The average Bonchev–Trinajstić information content (AvgIpc) is 2.33. The van der Waals surface area contributed by atoms with Crippen molar-refractivity contribution in [1.29, 1.82) is 0 Å². The van der Waals surface area contributed by atoms with Gasteiger partial charge >= 0.3 is 0 Å². The first-order valence-electron chi connectivity index (χ1n) is 4.95. The summed E-state index contributed by atoms with van der Waals surface area (Å²) in [5.41, 5.74) is 6.11. The third-order valence-corrected chi connectivity index (χ3v) is 2.86. The highest BCUT2D eigenvalue weighted by Crippen LogP contribution is 2.25. The Morgan fingerprint density at radius 2 is 2.11 bits per heavy atom. The zero-order chi connectivity index (χ0) is 13.1. The van der Waals surface area contributed by atoms with Crippen LogP contribution in [0.3, 0.4) is 0 Å². The van der Waals surface area contributed by atoms with Gasteiger partial charge in [-0.25, -0.2) is 9.37 Å². The Bertz CT molecular complexity index is 606. The molecule has 0 radical (unpaired) electrons. The van der Waals surface area contributed by atoms with Gasteiger partial charge in [0.05, 0.1) is 0 Å². The van der Waals surface area contributed by atoms with Crippen molar-refractivity contribution in [2.24, 2.45) is 5.73 Å². The van der Waals surface area contributed by atoms with Gasteiger partial charge in [0.2, 0.25) is 5.88 Å². The van der Waals surface area contributed by atoms with Crippen LogP contribution in [0.25, 0.3) is 0 Å². The lowest BCUT2D eigenvalue weighted by molar-refractivity contribution is 0.427. The van der Waals surface area contributed by atoms with Gasteiger partial charge in [0, 0.05) is 22.3 Å². The Morgan fingerprint density at radius 3 is 2.78 bits per heavy atom. The molecule has 0 aliphatic heterocycles. The van der Waals surface area contributed by atoms with E-state index in [0.29, 0.717) is 10.0 Å². The smallest absolute Gasteiger partial charge is 0.220 e. The number of rotatable bonds is 3. The average molecular weight is 327 g/mol. The molecular formula is C12H8BrFN2OS. The lowest BCUT2D eigenvalue weighted by Crippen LogP contribution is -2.09. The number of benzene rings is 1. The number of nitrogens with zero attached hydrogens (tertiary/aromatic N) is 1. The van der Waals surface area contributed by atoms with Crippen LogP contribution in [0.1, 0.15) is 5.56 Å². The Morgan fingerprint density at radius 1 is 1.33 bits per heavy atom. The zero-order valence-electron chi connectivity index (χ0n) is 9.06. The lowest BCUT2D eigenvalue weighted by Gasteiger charge is -2.07. The molecule has 0 unspecified atom stereocenters. The molecule has 0 saturated heterocycles. The largest absolute Gasteiger partial charge is 0.436 e. The molecule has 0 spiro atoms. The van der Waals surface area contributed by atoms with E-state index in [1.165, 1.54) is 18.3 Å². The van der Waals surface area contributed by atoms with Crippen molar-refractivity contribution in [3.05, 3.63) is 52.4 Å². The topological polar surface area (TPSA) is 48.1 Å². The van der Waals surface area contributed by atoms with Crippen LogP contribution in [0, 0.1) is 5.82 Å². The molecule has 0 amide bonds. The minimum atomic E-state index is -0.480. The van der Waals surface area contributed by atoms with Crippen LogP contribution in [0.2, 0.25) is 0 Å². The maximum atomic E-state index is 13.6. The Hall–Kier alpha value is -1.53. The number of aromatic nitrogens is 1. The fourth-order valence-corrected chi connectivity index (χ4v) is 1.75. The first-order valence-corrected chi connectivity index (χ1v) is 6.15. The molecule has 1 aromatic heterocycles. The number of halogens is 2. The molecule has 3 nitrogen and oxygen atoms in total. The summed E-state index contributed by atoms with van der Waals surface area (Å²) < 4.78 is 19.5. The summed E-state index contributed by atoms with van der Waals surface area (Å²) in [4.78, 5) is 4.20. The van der Waals surface area contributed by atoms with E-state index in [4.69, 9.17) is 22.7 Å². The fraction of sp³-hybridized carbons (Fsp3) is 0. The maximum absolute atomic E-state index is 13.6. The quantitative estimate of drug-likeness (QED) is 0.878. The first kappa shape index (κ1) is 12.9. The molecule has 0 aliphatic carbocycles. The number of thiocarbonyl (C=S) groups is 1. The molecule has 2 N–H and O–H groups in total. The van der Waals surface area contributed by atoms with Crippen LogP contribution in [-0.2, 0) is 0 Å². The van der Waals surface area contributed by atoms with E-state index >= 15 is 0 Å². The van der Waals surface area contributed by atoms with E-state index in [0.717, 1.165) is 0 Å². The SMILES string of the molecule is NC(=S)c1ccnc(Oc2ccc(Br)cc2F)c1. The first-order chi connectivity index (χ1) is 8.56. The predicted molar refractivity (Wildman–Crippen MR) is 74.3 cm³/mol. The summed E-state index contributed by atoms with van der Waals surface area (Å²) in [5.74, 6) is -0.154. The Balaban J connectivity index is 2.28. The highest BCUT2D eigenvalue weighted by atomic mass is 79.9. The second-order valence-electron chi connectivity index (χ2n) is 3.42. The number of hydrogen-bond donors (Lipinski definition) is 1. The van der Waals surface area contributed by atoms with Crippen molar-refractivity contribution < 1.29 is 9.13 Å². The van der Waals surface area contributed by atoms with Gasteiger partial charge in [-0.1, -0.05) is 28.1 Å². The molecule has 2 aromatic rings. The number of pyridine rings is 1. The predicted octanol–water partition coefficient (Wildman–Crippen LogP) is 3.41. The van der Waals surface area contributed by atoms with Crippen LogP contribution in [0.5, 0.6) is 11.6 Å². The van der Waals surface area contributed by atoms with Crippen LogP contribution in [0.4, 0.5) is 4.39 Å². The minimum Gasteiger partial charge on any atom is -0.436 e. The van der Waals surface area contributed by atoms with E-state index < -0.39 is 5.82 Å². The number of ether oxygens (including phenoxy) is 1. The Labute approximate surface area is 117 Å². The highest BCUT2D eigenvalue weighted by Gasteiger charge is 2.07. The van der Waals surface area contributed by atoms with Gasteiger partial charge in [0.15, 0.2) is 11.6 Å². The molecule has 1 heterocycles. The molecule has 0 saturated carbocycles. The van der Waals surface area contributed by atoms with Gasteiger partial charge < -0.3 is 10.5 Å². The van der Waals surface area contributed by atoms with E-state index in [-0.39, 0.29) is 16.6 Å². The van der Waals surface area contributed by atoms with Gasteiger partial charge in [-0.3, -0.25) is 0 Å². The lowest BCUT2D eigenvalue weighted by atomic mass is 10.3. The summed E-state index contributed by atoms with van der Waals surface area (Å²) in [5, 5.41) is 0. The van der Waals surface area contributed by atoms with E-state index in [9.17, 15) is 4.39 Å². The molecule has 0 bridgehead atoms. The second-order valence-corrected chi connectivity index (χ2v) is 4.78.